The first-order valence-corrected chi connectivity index (χ1v) is 12.1. The minimum Gasteiger partial charge on any atom is -0.376 e. The van der Waals surface area contributed by atoms with Crippen molar-refractivity contribution in [2.45, 2.75) is 57.6 Å². The fourth-order valence-electron chi connectivity index (χ4n) is 3.60. The van der Waals surface area contributed by atoms with Gasteiger partial charge in [0.25, 0.3) is 0 Å². The zero-order chi connectivity index (χ0) is 23.9. The molecule has 0 spiro atoms. The van der Waals surface area contributed by atoms with E-state index in [-0.39, 0.29) is 23.4 Å². The lowest BCUT2D eigenvalue weighted by Gasteiger charge is -2.24. The van der Waals surface area contributed by atoms with E-state index in [9.17, 15) is 17.8 Å². The minimum atomic E-state index is -1.52. The largest absolute Gasteiger partial charge is 0.376 e. The Morgan fingerprint density at radius 3 is 2.53 bits per heavy atom. The summed E-state index contributed by atoms with van der Waals surface area (Å²) in [5, 5.41) is 2.73. The highest BCUT2D eigenvalue weighted by molar-refractivity contribution is 7.85. The van der Waals surface area contributed by atoms with Crippen molar-refractivity contribution < 1.29 is 17.8 Å². The molecule has 2 fully saturated rings. The molecule has 1 aliphatic carbocycles. The molecule has 1 aromatic carbocycles. The summed E-state index contributed by atoms with van der Waals surface area (Å²) in [6.07, 6.45) is 5.38. The molecule has 1 atom stereocenters. The van der Waals surface area contributed by atoms with E-state index in [4.69, 9.17) is 0 Å². The Morgan fingerprint density at radius 2 is 2.03 bits per heavy atom. The number of rotatable bonds is 9. The van der Waals surface area contributed by atoms with Gasteiger partial charge in [-0.1, -0.05) is 26.0 Å². The summed E-state index contributed by atoms with van der Waals surface area (Å²) in [6.45, 7) is 10.2. The maximum absolute atomic E-state index is 14.8. The first kappa shape index (κ1) is 25.8. The summed E-state index contributed by atoms with van der Waals surface area (Å²) in [6, 6.07) is 4.49. The summed E-state index contributed by atoms with van der Waals surface area (Å²) in [4.78, 5) is 13.3. The van der Waals surface area contributed by atoms with E-state index in [1.54, 1.807) is 19.1 Å². The quantitative estimate of drug-likeness (QED) is 0.297. The normalized spacial score (nSPS) is 19.8. The highest BCUT2D eigenvalue weighted by Crippen LogP contribution is 2.45. The Morgan fingerprint density at radius 1 is 1.34 bits per heavy atom. The third kappa shape index (κ3) is 5.85. The Labute approximate surface area is 192 Å². The molecular weight excluding hydrogens is 432 g/mol. The van der Waals surface area contributed by atoms with Gasteiger partial charge in [0.05, 0.1) is 16.1 Å². The maximum Gasteiger partial charge on any atom is 0.188 e. The molecule has 176 valence electrons. The molecule has 8 heteroatoms. The van der Waals surface area contributed by atoms with E-state index < -0.39 is 27.4 Å². The Balaban J connectivity index is 0.00000176. The van der Waals surface area contributed by atoms with Gasteiger partial charge in [-0.3, -0.25) is 4.79 Å². The number of hydrogen-bond acceptors (Lipinski definition) is 4. The van der Waals surface area contributed by atoms with Crippen LogP contribution in [0.2, 0.25) is 0 Å². The van der Waals surface area contributed by atoms with E-state index in [1.165, 1.54) is 12.1 Å². The molecule has 32 heavy (non-hydrogen) atoms. The number of aryl methyl sites for hydroxylation is 1. The summed E-state index contributed by atoms with van der Waals surface area (Å²) in [5.74, 6) is -1.65. The molecule has 5 nitrogen and oxygen atoms in total. The molecule has 0 amide bonds. The van der Waals surface area contributed by atoms with Gasteiger partial charge >= 0.3 is 0 Å². The van der Waals surface area contributed by atoms with Crippen LogP contribution in [0, 0.1) is 12.7 Å². The number of carbonyl (C=O) groups is 1. The Kier molecular flexibility index (Phi) is 9.19. The van der Waals surface area contributed by atoms with Gasteiger partial charge in [-0.15, -0.1) is 6.58 Å². The molecule has 1 aromatic rings. The number of aldehydes is 1. The molecule has 1 saturated heterocycles. The van der Waals surface area contributed by atoms with Crippen LogP contribution < -0.4 is 10.0 Å². The summed E-state index contributed by atoms with van der Waals surface area (Å²) in [5.41, 5.74) is 1.50. The van der Waals surface area contributed by atoms with E-state index >= 15 is 0 Å². The van der Waals surface area contributed by atoms with Crippen molar-refractivity contribution >= 4 is 23.0 Å². The highest BCUT2D eigenvalue weighted by Gasteiger charge is 2.48. The lowest BCUT2D eigenvalue weighted by Crippen LogP contribution is -2.33. The molecule has 1 heterocycles. The number of anilines is 1. The molecule has 1 aliphatic heterocycles. The monoisotopic (exact) mass is 465 g/mol. The van der Waals surface area contributed by atoms with Gasteiger partial charge in [0.2, 0.25) is 0 Å². The van der Waals surface area contributed by atoms with Gasteiger partial charge in [0, 0.05) is 19.3 Å². The van der Waals surface area contributed by atoms with Crippen LogP contribution in [0.1, 0.15) is 51.5 Å². The maximum atomic E-state index is 14.8. The minimum absolute atomic E-state index is 0.0335. The van der Waals surface area contributed by atoms with Crippen molar-refractivity contribution in [1.82, 2.24) is 9.62 Å². The van der Waals surface area contributed by atoms with E-state index in [2.05, 4.69) is 16.6 Å². The fraction of sp³-hybridized carbons (Fsp3) is 0.458. The molecule has 0 bridgehead atoms. The number of benzene rings is 1. The lowest BCUT2D eigenvalue weighted by molar-refractivity contribution is -0.106. The zero-order valence-electron chi connectivity index (χ0n) is 19.3. The van der Waals surface area contributed by atoms with Crippen molar-refractivity contribution in [3.63, 3.8) is 0 Å². The molecule has 0 aromatic heterocycles. The Bertz CT molecular complexity index is 939. The van der Waals surface area contributed by atoms with Gasteiger partial charge in [-0.2, -0.15) is 0 Å². The molecule has 0 radical (unpaired) electrons. The third-order valence-electron chi connectivity index (χ3n) is 5.55. The highest BCUT2D eigenvalue weighted by atomic mass is 32.2. The van der Waals surface area contributed by atoms with Gasteiger partial charge in [0.1, 0.15) is 22.5 Å². The number of halogens is 2. The zero-order valence-corrected chi connectivity index (χ0v) is 20.1. The van der Waals surface area contributed by atoms with Crippen molar-refractivity contribution in [3.05, 3.63) is 65.2 Å². The van der Waals surface area contributed by atoms with Crippen LogP contribution in [-0.2, 0) is 15.8 Å². The molecule has 3 rings (SSSR count). The van der Waals surface area contributed by atoms with Crippen LogP contribution in [0.4, 0.5) is 14.5 Å². The smallest absolute Gasteiger partial charge is 0.188 e. The standard InChI is InChI=1S/C22H27F2N3O2S.C2H6/c1-4-9-22(10-11-22)30(29)26-21(19-6-5-12-27(19)3)20(17(24)14-28)25-18-8-7-15(2)13-16(18)23;1-2/h4,7-8,13-14,25-26H,1,5-6,9-12H2,2-3H3;1-2H3/b20-17-,21-19+;. The van der Waals surface area contributed by atoms with Gasteiger partial charge in [-0.25, -0.2) is 13.0 Å². The molecule has 1 unspecified atom stereocenters. The summed E-state index contributed by atoms with van der Waals surface area (Å²) in [7, 11) is 0.331. The SMILES string of the molecule is C=CCC1(S(=O)NC(/C(Nc2ccc(C)cc2F)=C(/F)C=O)=C2\CCCN2C)CC1.CC. The predicted octanol–water partition coefficient (Wildman–Crippen LogP) is 5.25. The number of allylic oxidation sites excluding steroid dienone is 3. The second-order valence-electron chi connectivity index (χ2n) is 7.84. The van der Waals surface area contributed by atoms with Crippen LogP contribution in [0.5, 0.6) is 0 Å². The average Bonchev–Trinajstić information content (AvgIpc) is 3.45. The molecule has 2 N–H and O–H groups in total. The Hall–Kier alpha value is -2.48. The van der Waals surface area contributed by atoms with Crippen LogP contribution in [0.3, 0.4) is 0 Å². The van der Waals surface area contributed by atoms with E-state index in [0.29, 0.717) is 18.4 Å². The second kappa shape index (κ2) is 11.4. The molecule has 2 aliphatic rings. The number of hydrogen-bond donors (Lipinski definition) is 2. The van der Waals surface area contributed by atoms with Crippen LogP contribution in [0.25, 0.3) is 0 Å². The predicted molar refractivity (Wildman–Crippen MR) is 127 cm³/mol. The average molecular weight is 466 g/mol. The van der Waals surface area contributed by atoms with Crippen LogP contribution >= 0.6 is 0 Å². The first-order valence-electron chi connectivity index (χ1n) is 10.9. The first-order chi connectivity index (χ1) is 15.3. The summed E-state index contributed by atoms with van der Waals surface area (Å²) >= 11 is 0. The second-order valence-corrected chi connectivity index (χ2v) is 9.45. The van der Waals surface area contributed by atoms with Crippen LogP contribution in [0.15, 0.2) is 53.8 Å². The van der Waals surface area contributed by atoms with Crippen molar-refractivity contribution in [3.8, 4) is 0 Å². The number of carbonyl (C=O) groups excluding carboxylic acids is 1. The molecular formula is C24H33F2N3O2S. The third-order valence-corrected chi connectivity index (χ3v) is 7.30. The van der Waals surface area contributed by atoms with Crippen molar-refractivity contribution in [1.29, 1.82) is 0 Å². The van der Waals surface area contributed by atoms with Crippen LogP contribution in [-0.4, -0.2) is 33.7 Å². The van der Waals surface area contributed by atoms with Crippen molar-refractivity contribution in [2.24, 2.45) is 0 Å². The van der Waals surface area contributed by atoms with Gasteiger partial charge in [0.15, 0.2) is 12.1 Å². The van der Waals surface area contributed by atoms with Crippen molar-refractivity contribution in [2.75, 3.05) is 18.9 Å². The summed E-state index contributed by atoms with van der Waals surface area (Å²) < 4.78 is 44.9. The van der Waals surface area contributed by atoms with Gasteiger partial charge in [-0.05, 0) is 56.7 Å². The topological polar surface area (TPSA) is 61.4 Å². The number of nitrogens with zero attached hydrogens (tertiary/aromatic N) is 1. The van der Waals surface area contributed by atoms with E-state index in [1.807, 2.05) is 25.8 Å². The van der Waals surface area contributed by atoms with E-state index in [0.717, 1.165) is 31.5 Å². The lowest BCUT2D eigenvalue weighted by atomic mass is 10.1. The number of nitrogens with one attached hydrogen (secondary N) is 2. The number of likely N-dealkylation sites (tertiary alicyclic amines) is 1. The molecule has 1 saturated carbocycles. The fourth-order valence-corrected chi connectivity index (χ4v) is 4.97. The van der Waals surface area contributed by atoms with Gasteiger partial charge < -0.3 is 14.9 Å².